The number of aliphatic imine (C=N–C) groups is 1. The van der Waals surface area contributed by atoms with Gasteiger partial charge < -0.3 is 9.47 Å². The molecule has 1 atom stereocenters. The van der Waals surface area contributed by atoms with Crippen molar-refractivity contribution in [3.8, 4) is 0 Å². The molecule has 1 unspecified atom stereocenters. The van der Waals surface area contributed by atoms with Crippen LogP contribution in [0.15, 0.2) is 35.3 Å². The second-order valence-corrected chi connectivity index (χ2v) is 4.96. The van der Waals surface area contributed by atoms with Gasteiger partial charge in [0, 0.05) is 6.54 Å². The van der Waals surface area contributed by atoms with E-state index in [1.807, 2.05) is 24.3 Å². The zero-order valence-electron chi connectivity index (χ0n) is 12.5. The van der Waals surface area contributed by atoms with E-state index >= 15 is 0 Å². The molecule has 0 bridgehead atoms. The minimum atomic E-state index is -0.322. The molecule has 1 heterocycles. The third-order valence-corrected chi connectivity index (χ3v) is 3.59. The Balaban J connectivity index is 2.22. The van der Waals surface area contributed by atoms with Crippen molar-refractivity contribution < 1.29 is 14.3 Å². The molecule has 0 fully saturated rings. The third kappa shape index (κ3) is 3.94. The molecule has 0 N–H and O–H groups in total. The van der Waals surface area contributed by atoms with Gasteiger partial charge in [0.25, 0.3) is 0 Å². The van der Waals surface area contributed by atoms with Crippen molar-refractivity contribution >= 4 is 17.9 Å². The number of esters is 1. The lowest BCUT2D eigenvalue weighted by Crippen LogP contribution is -2.13. The highest BCUT2D eigenvalue weighted by Crippen LogP contribution is 2.20. The highest BCUT2D eigenvalue weighted by atomic mass is 16.5. The average Bonchev–Trinajstić information content (AvgIpc) is 2.77. The molecule has 4 nitrogen and oxygen atoms in total. The fraction of sp³-hybridized carbons (Fsp3) is 0.412. The highest BCUT2D eigenvalue weighted by molar-refractivity contribution is 5.93. The zero-order chi connectivity index (χ0) is 15.1. The van der Waals surface area contributed by atoms with E-state index in [9.17, 15) is 4.79 Å². The number of methoxy groups -OCH3 is 2. The topological polar surface area (TPSA) is 47.9 Å². The van der Waals surface area contributed by atoms with E-state index in [4.69, 9.17) is 9.47 Å². The van der Waals surface area contributed by atoms with Crippen molar-refractivity contribution in [2.75, 3.05) is 20.8 Å². The summed E-state index contributed by atoms with van der Waals surface area (Å²) in [5.74, 6) is 0.624. The lowest BCUT2D eigenvalue weighted by atomic mass is 9.99. The van der Waals surface area contributed by atoms with Crippen LogP contribution in [0.4, 0.5) is 0 Å². The molecular formula is C17H21NO3. The molecule has 0 radical (unpaired) electrons. The fourth-order valence-electron chi connectivity index (χ4n) is 2.46. The Kier molecular flexibility index (Phi) is 5.55. The minimum Gasteiger partial charge on any atom is -0.484 e. The molecule has 1 aromatic rings. The molecule has 0 spiro atoms. The number of hydrogen-bond acceptors (Lipinski definition) is 4. The molecular weight excluding hydrogens is 266 g/mol. The van der Waals surface area contributed by atoms with Gasteiger partial charge in [-0.3, -0.25) is 4.99 Å². The van der Waals surface area contributed by atoms with E-state index in [2.05, 4.69) is 11.1 Å². The maximum atomic E-state index is 11.8. The van der Waals surface area contributed by atoms with Crippen molar-refractivity contribution in [3.63, 3.8) is 0 Å². The largest absolute Gasteiger partial charge is 0.484 e. The summed E-state index contributed by atoms with van der Waals surface area (Å²) in [5.41, 5.74) is 1.42. The Morgan fingerprint density at radius 1 is 1.29 bits per heavy atom. The Morgan fingerprint density at radius 2 is 2.10 bits per heavy atom. The Bertz CT molecular complexity index is 549. The van der Waals surface area contributed by atoms with Gasteiger partial charge in [0.1, 0.15) is 0 Å². The van der Waals surface area contributed by atoms with Crippen LogP contribution in [0.1, 0.15) is 35.2 Å². The van der Waals surface area contributed by atoms with Gasteiger partial charge in [0.05, 0.1) is 25.7 Å². The molecule has 1 aromatic carbocycles. The maximum absolute atomic E-state index is 11.8. The molecule has 21 heavy (non-hydrogen) atoms. The normalized spacial score (nSPS) is 19.0. The first kappa shape index (κ1) is 15.3. The van der Waals surface area contributed by atoms with Gasteiger partial charge in [-0.15, -0.1) is 0 Å². The number of hydrogen-bond donors (Lipinski definition) is 0. The van der Waals surface area contributed by atoms with Crippen LogP contribution in [0.25, 0.3) is 6.08 Å². The van der Waals surface area contributed by atoms with E-state index in [1.54, 1.807) is 13.2 Å². The number of carbonyl (C=O) groups is 1. The van der Waals surface area contributed by atoms with Crippen molar-refractivity contribution in [1.29, 1.82) is 0 Å². The summed E-state index contributed by atoms with van der Waals surface area (Å²) >= 11 is 0. The summed E-state index contributed by atoms with van der Waals surface area (Å²) in [6, 6.07) is 7.41. The van der Waals surface area contributed by atoms with Crippen LogP contribution in [-0.2, 0) is 9.47 Å². The summed E-state index contributed by atoms with van der Waals surface area (Å²) < 4.78 is 10.2. The standard InChI is InChI=1S/C17H21NO3/c1-20-16-14(8-5-6-12-18-16)11-10-13-7-3-4-9-15(13)17(19)21-2/h3-4,7,9-11,14H,5-6,8,12H2,1-2H3. The van der Waals surface area contributed by atoms with Crippen molar-refractivity contribution in [2.24, 2.45) is 10.9 Å². The predicted octanol–water partition coefficient (Wildman–Crippen LogP) is 3.33. The van der Waals surface area contributed by atoms with Crippen LogP contribution in [0.2, 0.25) is 0 Å². The van der Waals surface area contributed by atoms with Gasteiger partial charge in [-0.2, -0.15) is 0 Å². The number of carbonyl (C=O) groups excluding carboxylic acids is 1. The second kappa shape index (κ2) is 7.62. The zero-order valence-corrected chi connectivity index (χ0v) is 12.5. The van der Waals surface area contributed by atoms with Crippen LogP contribution < -0.4 is 0 Å². The molecule has 0 saturated carbocycles. The Morgan fingerprint density at radius 3 is 2.86 bits per heavy atom. The van der Waals surface area contributed by atoms with Gasteiger partial charge in [-0.1, -0.05) is 36.8 Å². The molecule has 4 heteroatoms. The summed E-state index contributed by atoms with van der Waals surface area (Å²) in [6.07, 6.45) is 7.26. The van der Waals surface area contributed by atoms with Gasteiger partial charge >= 0.3 is 5.97 Å². The Labute approximate surface area is 125 Å². The van der Waals surface area contributed by atoms with E-state index in [0.717, 1.165) is 37.3 Å². The number of rotatable bonds is 3. The van der Waals surface area contributed by atoms with Crippen LogP contribution in [0.5, 0.6) is 0 Å². The van der Waals surface area contributed by atoms with E-state index in [-0.39, 0.29) is 11.9 Å². The summed E-state index contributed by atoms with van der Waals surface area (Å²) in [4.78, 5) is 16.2. The first-order valence-electron chi connectivity index (χ1n) is 7.20. The average molecular weight is 287 g/mol. The molecule has 1 aliphatic heterocycles. The predicted molar refractivity (Wildman–Crippen MR) is 83.5 cm³/mol. The van der Waals surface area contributed by atoms with Crippen LogP contribution >= 0.6 is 0 Å². The number of ether oxygens (including phenoxy) is 2. The summed E-state index contributed by atoms with van der Waals surface area (Å²) in [6.45, 7) is 0.826. The first-order chi connectivity index (χ1) is 10.3. The second-order valence-electron chi connectivity index (χ2n) is 4.96. The van der Waals surface area contributed by atoms with Gasteiger partial charge in [0.2, 0.25) is 0 Å². The van der Waals surface area contributed by atoms with Crippen molar-refractivity contribution in [1.82, 2.24) is 0 Å². The molecule has 0 saturated heterocycles. The van der Waals surface area contributed by atoms with Crippen LogP contribution in [0.3, 0.4) is 0 Å². The molecule has 112 valence electrons. The van der Waals surface area contributed by atoms with Crippen LogP contribution in [-0.4, -0.2) is 32.6 Å². The van der Waals surface area contributed by atoms with Gasteiger partial charge in [0.15, 0.2) is 5.90 Å². The molecule has 0 aromatic heterocycles. The van der Waals surface area contributed by atoms with E-state index < -0.39 is 0 Å². The molecule has 2 rings (SSSR count). The monoisotopic (exact) mass is 287 g/mol. The number of nitrogens with zero attached hydrogens (tertiary/aromatic N) is 1. The van der Waals surface area contributed by atoms with Gasteiger partial charge in [-0.25, -0.2) is 4.79 Å². The maximum Gasteiger partial charge on any atom is 0.338 e. The molecule has 1 aliphatic rings. The summed E-state index contributed by atoms with van der Waals surface area (Å²) in [7, 11) is 3.05. The van der Waals surface area contributed by atoms with Crippen LogP contribution in [0, 0.1) is 5.92 Å². The Hall–Kier alpha value is -2.10. The smallest absolute Gasteiger partial charge is 0.338 e. The molecule has 0 amide bonds. The minimum absolute atomic E-state index is 0.170. The molecule has 0 aliphatic carbocycles. The SMILES string of the molecule is COC(=O)c1ccccc1C=CC1CCCCN=C1OC. The van der Waals surface area contributed by atoms with Crippen molar-refractivity contribution in [2.45, 2.75) is 19.3 Å². The fourth-order valence-corrected chi connectivity index (χ4v) is 2.46. The van der Waals surface area contributed by atoms with E-state index in [0.29, 0.717) is 5.56 Å². The third-order valence-electron chi connectivity index (χ3n) is 3.59. The summed E-state index contributed by atoms with van der Waals surface area (Å²) in [5, 5.41) is 0. The quantitative estimate of drug-likeness (QED) is 0.801. The van der Waals surface area contributed by atoms with Gasteiger partial charge in [-0.05, 0) is 24.5 Å². The van der Waals surface area contributed by atoms with Crippen molar-refractivity contribution in [3.05, 3.63) is 41.5 Å². The lowest BCUT2D eigenvalue weighted by molar-refractivity contribution is 0.0600. The lowest BCUT2D eigenvalue weighted by Gasteiger charge is -2.12. The highest BCUT2D eigenvalue weighted by Gasteiger charge is 2.16. The number of benzene rings is 1. The van der Waals surface area contributed by atoms with E-state index in [1.165, 1.54) is 7.11 Å². The first-order valence-corrected chi connectivity index (χ1v) is 7.20.